The van der Waals surface area contributed by atoms with Gasteiger partial charge >= 0.3 is 0 Å². The second-order valence-electron chi connectivity index (χ2n) is 3.97. The van der Waals surface area contributed by atoms with Crippen molar-refractivity contribution in [2.45, 2.75) is 38.6 Å². The zero-order valence-electron chi connectivity index (χ0n) is 8.69. The summed E-state index contributed by atoms with van der Waals surface area (Å²) >= 11 is 0. The van der Waals surface area contributed by atoms with E-state index in [-0.39, 0.29) is 0 Å². The molecule has 1 fully saturated rings. The van der Waals surface area contributed by atoms with Crippen molar-refractivity contribution in [3.63, 3.8) is 0 Å². The van der Waals surface area contributed by atoms with Gasteiger partial charge in [-0.25, -0.2) is 4.98 Å². The number of nitrogens with zero attached hydrogens (tertiary/aromatic N) is 3. The van der Waals surface area contributed by atoms with Crippen LogP contribution in [-0.2, 0) is 6.54 Å². The van der Waals surface area contributed by atoms with E-state index in [0.717, 1.165) is 18.9 Å². The molecule has 4 heteroatoms. The molecule has 0 saturated heterocycles. The summed E-state index contributed by atoms with van der Waals surface area (Å²) in [5.74, 6) is 2.30. The third kappa shape index (κ3) is 1.54. The van der Waals surface area contributed by atoms with E-state index < -0.39 is 0 Å². The third-order valence-electron chi connectivity index (χ3n) is 3.24. The van der Waals surface area contributed by atoms with Crippen LogP contribution in [0.5, 0.6) is 0 Å². The monoisotopic (exact) mass is 194 g/mol. The highest BCUT2D eigenvalue weighted by Gasteiger charge is 2.30. The van der Waals surface area contributed by atoms with Gasteiger partial charge < -0.3 is 5.73 Å². The summed E-state index contributed by atoms with van der Waals surface area (Å²) < 4.78 is 2.00. The highest BCUT2D eigenvalue weighted by molar-refractivity contribution is 5.02. The van der Waals surface area contributed by atoms with Gasteiger partial charge in [-0.3, -0.25) is 4.68 Å². The summed E-state index contributed by atoms with van der Waals surface area (Å²) in [6.07, 6.45) is 5.41. The molecule has 78 valence electrons. The Morgan fingerprint density at radius 3 is 3.14 bits per heavy atom. The number of rotatable bonds is 3. The molecule has 4 nitrogen and oxygen atoms in total. The zero-order chi connectivity index (χ0) is 9.97. The molecule has 1 saturated carbocycles. The fraction of sp³-hybridized carbons (Fsp3) is 0.800. The summed E-state index contributed by atoms with van der Waals surface area (Å²) in [6, 6.07) is 0. The van der Waals surface area contributed by atoms with Crippen LogP contribution in [0.1, 0.15) is 37.9 Å². The highest BCUT2D eigenvalue weighted by Crippen LogP contribution is 2.37. The van der Waals surface area contributed by atoms with Crippen LogP contribution in [0.4, 0.5) is 0 Å². The van der Waals surface area contributed by atoms with Gasteiger partial charge in [-0.2, -0.15) is 5.10 Å². The Kier molecular flexibility index (Phi) is 2.82. The van der Waals surface area contributed by atoms with E-state index >= 15 is 0 Å². The molecular formula is C10H18N4. The summed E-state index contributed by atoms with van der Waals surface area (Å²) in [4.78, 5) is 4.36. The van der Waals surface area contributed by atoms with Crippen LogP contribution in [0, 0.1) is 5.92 Å². The van der Waals surface area contributed by atoms with Crippen molar-refractivity contribution in [1.82, 2.24) is 14.8 Å². The first-order valence-corrected chi connectivity index (χ1v) is 5.44. The van der Waals surface area contributed by atoms with E-state index in [2.05, 4.69) is 17.0 Å². The summed E-state index contributed by atoms with van der Waals surface area (Å²) in [7, 11) is 0. The van der Waals surface area contributed by atoms with Crippen molar-refractivity contribution >= 4 is 0 Å². The van der Waals surface area contributed by atoms with Gasteiger partial charge in [0.1, 0.15) is 12.2 Å². The molecule has 1 aromatic rings. The van der Waals surface area contributed by atoms with Crippen molar-refractivity contribution in [1.29, 1.82) is 0 Å². The Morgan fingerprint density at radius 2 is 2.43 bits per heavy atom. The Labute approximate surface area is 84.5 Å². The van der Waals surface area contributed by atoms with Crippen molar-refractivity contribution in [2.24, 2.45) is 11.7 Å². The smallest absolute Gasteiger partial charge is 0.138 e. The summed E-state index contributed by atoms with van der Waals surface area (Å²) in [5, 5.41) is 4.21. The summed E-state index contributed by atoms with van der Waals surface area (Å²) in [5.41, 5.74) is 5.76. The first-order valence-electron chi connectivity index (χ1n) is 5.44. The van der Waals surface area contributed by atoms with Crippen LogP contribution >= 0.6 is 0 Å². The zero-order valence-corrected chi connectivity index (χ0v) is 8.69. The van der Waals surface area contributed by atoms with Crippen LogP contribution in [0.15, 0.2) is 6.33 Å². The minimum atomic E-state index is 0.544. The van der Waals surface area contributed by atoms with E-state index in [0.29, 0.717) is 11.8 Å². The highest BCUT2D eigenvalue weighted by atomic mass is 15.3. The van der Waals surface area contributed by atoms with Gasteiger partial charge in [-0.05, 0) is 32.2 Å². The van der Waals surface area contributed by atoms with Gasteiger partial charge in [0, 0.05) is 12.5 Å². The number of aromatic nitrogens is 3. The maximum absolute atomic E-state index is 5.76. The van der Waals surface area contributed by atoms with E-state index in [1.54, 1.807) is 6.33 Å². The maximum atomic E-state index is 5.76. The molecule has 0 aromatic carbocycles. The van der Waals surface area contributed by atoms with Crippen LogP contribution in [0.25, 0.3) is 0 Å². The average molecular weight is 194 g/mol. The van der Waals surface area contributed by atoms with Crippen molar-refractivity contribution in [2.75, 3.05) is 6.54 Å². The Hall–Kier alpha value is -0.900. The summed E-state index contributed by atoms with van der Waals surface area (Å²) in [6.45, 7) is 3.79. The number of aryl methyl sites for hydroxylation is 1. The van der Waals surface area contributed by atoms with Crippen molar-refractivity contribution in [3.8, 4) is 0 Å². The van der Waals surface area contributed by atoms with Crippen LogP contribution in [0.2, 0.25) is 0 Å². The predicted molar refractivity (Wildman–Crippen MR) is 54.8 cm³/mol. The minimum absolute atomic E-state index is 0.544. The molecule has 0 bridgehead atoms. The molecule has 0 aliphatic heterocycles. The molecule has 1 aliphatic carbocycles. The fourth-order valence-electron chi connectivity index (χ4n) is 2.46. The topological polar surface area (TPSA) is 56.7 Å². The quantitative estimate of drug-likeness (QED) is 0.785. The predicted octanol–water partition coefficient (Wildman–Crippen LogP) is 1.14. The molecule has 0 radical (unpaired) electrons. The number of hydrogen-bond acceptors (Lipinski definition) is 3. The normalized spacial score (nSPS) is 27.0. The Balaban J connectivity index is 2.21. The molecule has 0 amide bonds. The molecular weight excluding hydrogens is 176 g/mol. The number of hydrogen-bond donors (Lipinski definition) is 1. The van der Waals surface area contributed by atoms with Gasteiger partial charge in [-0.1, -0.05) is 6.42 Å². The lowest BCUT2D eigenvalue weighted by molar-refractivity contribution is 0.450. The van der Waals surface area contributed by atoms with Gasteiger partial charge in [0.15, 0.2) is 0 Å². The first kappa shape index (κ1) is 9.65. The molecule has 14 heavy (non-hydrogen) atoms. The van der Waals surface area contributed by atoms with Crippen molar-refractivity contribution < 1.29 is 0 Å². The van der Waals surface area contributed by atoms with E-state index in [1.165, 1.54) is 19.3 Å². The van der Waals surface area contributed by atoms with Crippen molar-refractivity contribution in [3.05, 3.63) is 12.2 Å². The molecule has 2 N–H and O–H groups in total. The van der Waals surface area contributed by atoms with Gasteiger partial charge in [0.2, 0.25) is 0 Å². The third-order valence-corrected chi connectivity index (χ3v) is 3.24. The first-order chi connectivity index (χ1) is 6.86. The molecule has 2 unspecified atom stereocenters. The lowest BCUT2D eigenvalue weighted by atomic mass is 9.95. The molecule has 2 atom stereocenters. The van der Waals surface area contributed by atoms with E-state index in [4.69, 9.17) is 5.73 Å². The SMILES string of the molecule is CCn1ncnc1C1CCCC1CN. The van der Waals surface area contributed by atoms with Crippen LogP contribution < -0.4 is 5.73 Å². The molecule has 1 aliphatic rings. The Bertz CT molecular complexity index is 294. The van der Waals surface area contributed by atoms with Crippen LogP contribution in [0.3, 0.4) is 0 Å². The van der Waals surface area contributed by atoms with E-state index in [1.807, 2.05) is 4.68 Å². The Morgan fingerprint density at radius 1 is 1.57 bits per heavy atom. The van der Waals surface area contributed by atoms with Gasteiger partial charge in [0.05, 0.1) is 0 Å². The molecule has 2 rings (SSSR count). The average Bonchev–Trinajstić information content (AvgIpc) is 2.85. The minimum Gasteiger partial charge on any atom is -0.330 e. The molecule has 1 aromatic heterocycles. The lowest BCUT2D eigenvalue weighted by Crippen LogP contribution is -2.20. The second kappa shape index (κ2) is 4.09. The maximum Gasteiger partial charge on any atom is 0.138 e. The van der Waals surface area contributed by atoms with Gasteiger partial charge in [0.25, 0.3) is 0 Å². The lowest BCUT2D eigenvalue weighted by Gasteiger charge is -2.17. The van der Waals surface area contributed by atoms with Gasteiger partial charge in [-0.15, -0.1) is 0 Å². The van der Waals surface area contributed by atoms with E-state index in [9.17, 15) is 0 Å². The standard InChI is InChI=1S/C10H18N4/c1-2-14-10(12-7-13-14)9-5-3-4-8(9)6-11/h7-9H,2-6,11H2,1H3. The number of nitrogens with two attached hydrogens (primary N) is 1. The van der Waals surface area contributed by atoms with Crippen LogP contribution in [-0.4, -0.2) is 21.3 Å². The molecule has 1 heterocycles. The second-order valence-corrected chi connectivity index (χ2v) is 3.97. The molecule has 0 spiro atoms. The fourth-order valence-corrected chi connectivity index (χ4v) is 2.46. The largest absolute Gasteiger partial charge is 0.330 e.